The summed E-state index contributed by atoms with van der Waals surface area (Å²) in [7, 11) is 3.97. The van der Waals surface area contributed by atoms with E-state index in [0.717, 1.165) is 31.2 Å². The second-order valence-corrected chi connectivity index (χ2v) is 6.01. The van der Waals surface area contributed by atoms with Crippen LogP contribution in [0, 0.1) is 13.8 Å². The van der Waals surface area contributed by atoms with Crippen LogP contribution in [0.5, 0.6) is 0 Å². The first-order valence-corrected chi connectivity index (χ1v) is 7.54. The lowest BCUT2D eigenvalue weighted by atomic mass is 9.90. The molecule has 1 aliphatic carbocycles. The van der Waals surface area contributed by atoms with Crippen molar-refractivity contribution in [3.63, 3.8) is 0 Å². The van der Waals surface area contributed by atoms with E-state index in [9.17, 15) is 4.79 Å². The number of rotatable bonds is 3. The van der Waals surface area contributed by atoms with Gasteiger partial charge in [-0.2, -0.15) is 0 Å². The molecule has 0 saturated heterocycles. The summed E-state index contributed by atoms with van der Waals surface area (Å²) < 4.78 is 0. The third-order valence-electron chi connectivity index (χ3n) is 4.73. The SMILES string of the molecule is CNC1CCC(N(C)C(=O)c2ccc(C)c(C)c2)CC1. The number of carbonyl (C=O) groups excluding carboxylic acids is 1. The molecule has 0 bridgehead atoms. The molecule has 1 aliphatic rings. The van der Waals surface area contributed by atoms with Crippen molar-refractivity contribution < 1.29 is 4.79 Å². The van der Waals surface area contributed by atoms with Crippen LogP contribution in [0.1, 0.15) is 47.2 Å². The maximum Gasteiger partial charge on any atom is 0.253 e. The lowest BCUT2D eigenvalue weighted by Gasteiger charge is -2.34. The Labute approximate surface area is 122 Å². The van der Waals surface area contributed by atoms with Crippen LogP contribution in [-0.2, 0) is 0 Å². The van der Waals surface area contributed by atoms with Gasteiger partial charge in [-0.05, 0) is 69.8 Å². The molecule has 0 aromatic heterocycles. The molecule has 1 fully saturated rings. The Bertz CT molecular complexity index is 476. The third-order valence-corrected chi connectivity index (χ3v) is 4.73. The van der Waals surface area contributed by atoms with Gasteiger partial charge in [0.25, 0.3) is 5.91 Å². The predicted octanol–water partition coefficient (Wildman–Crippen LogP) is 2.91. The Morgan fingerprint density at radius 1 is 1.15 bits per heavy atom. The van der Waals surface area contributed by atoms with E-state index in [1.54, 1.807) is 0 Å². The monoisotopic (exact) mass is 274 g/mol. The van der Waals surface area contributed by atoms with Crippen molar-refractivity contribution in [2.24, 2.45) is 0 Å². The minimum atomic E-state index is 0.154. The standard InChI is InChI=1S/C17H26N2O/c1-12-5-6-14(11-13(12)2)17(20)19(4)16-9-7-15(18-3)8-10-16/h5-6,11,15-16,18H,7-10H2,1-4H3. The molecule has 0 radical (unpaired) electrons. The molecule has 0 unspecified atom stereocenters. The van der Waals surface area contributed by atoms with Gasteiger partial charge in [-0.1, -0.05) is 6.07 Å². The number of nitrogens with one attached hydrogen (secondary N) is 1. The van der Waals surface area contributed by atoms with Crippen molar-refractivity contribution in [2.75, 3.05) is 14.1 Å². The maximum atomic E-state index is 12.6. The molecule has 110 valence electrons. The summed E-state index contributed by atoms with van der Waals surface area (Å²) in [6.07, 6.45) is 4.51. The lowest BCUT2D eigenvalue weighted by molar-refractivity contribution is 0.0685. The average molecular weight is 274 g/mol. The highest BCUT2D eigenvalue weighted by molar-refractivity contribution is 5.94. The number of benzene rings is 1. The highest BCUT2D eigenvalue weighted by Crippen LogP contribution is 2.23. The summed E-state index contributed by atoms with van der Waals surface area (Å²) in [5.74, 6) is 0.154. The zero-order chi connectivity index (χ0) is 14.7. The van der Waals surface area contributed by atoms with Crippen molar-refractivity contribution in [3.8, 4) is 0 Å². The number of nitrogens with zero attached hydrogens (tertiary/aromatic N) is 1. The van der Waals surface area contributed by atoms with Gasteiger partial charge in [-0.15, -0.1) is 0 Å². The number of amides is 1. The molecule has 1 amide bonds. The van der Waals surface area contributed by atoms with Crippen LogP contribution < -0.4 is 5.32 Å². The van der Waals surface area contributed by atoms with E-state index in [-0.39, 0.29) is 5.91 Å². The fourth-order valence-electron chi connectivity index (χ4n) is 3.00. The topological polar surface area (TPSA) is 32.3 Å². The van der Waals surface area contributed by atoms with Crippen molar-refractivity contribution in [3.05, 3.63) is 34.9 Å². The van der Waals surface area contributed by atoms with Gasteiger partial charge in [-0.3, -0.25) is 4.79 Å². The van der Waals surface area contributed by atoms with Crippen LogP contribution >= 0.6 is 0 Å². The van der Waals surface area contributed by atoms with Gasteiger partial charge in [0.1, 0.15) is 0 Å². The average Bonchev–Trinajstić information content (AvgIpc) is 2.48. The number of carbonyl (C=O) groups is 1. The molecule has 1 saturated carbocycles. The highest BCUT2D eigenvalue weighted by Gasteiger charge is 2.26. The second-order valence-electron chi connectivity index (χ2n) is 6.01. The molecule has 1 aromatic rings. The fraction of sp³-hybridized carbons (Fsp3) is 0.588. The molecular weight excluding hydrogens is 248 g/mol. The van der Waals surface area contributed by atoms with Crippen LogP contribution in [0.25, 0.3) is 0 Å². The molecule has 0 atom stereocenters. The summed E-state index contributed by atoms with van der Waals surface area (Å²) in [6.45, 7) is 4.14. The smallest absolute Gasteiger partial charge is 0.253 e. The van der Waals surface area contributed by atoms with E-state index >= 15 is 0 Å². The fourth-order valence-corrected chi connectivity index (χ4v) is 3.00. The quantitative estimate of drug-likeness (QED) is 0.919. The first kappa shape index (κ1) is 15.0. The number of hydrogen-bond donors (Lipinski definition) is 1. The molecule has 0 aliphatic heterocycles. The maximum absolute atomic E-state index is 12.6. The summed E-state index contributed by atoms with van der Waals surface area (Å²) in [4.78, 5) is 14.5. The second kappa shape index (κ2) is 6.40. The minimum absolute atomic E-state index is 0.154. The normalized spacial score (nSPS) is 22.6. The molecule has 0 spiro atoms. The van der Waals surface area contributed by atoms with Crippen LogP contribution in [0.15, 0.2) is 18.2 Å². The zero-order valence-corrected chi connectivity index (χ0v) is 13.1. The molecular formula is C17H26N2O. The third kappa shape index (κ3) is 3.21. The Kier molecular flexibility index (Phi) is 4.81. The van der Waals surface area contributed by atoms with Gasteiger partial charge in [0, 0.05) is 24.7 Å². The molecule has 1 N–H and O–H groups in total. The van der Waals surface area contributed by atoms with Gasteiger partial charge in [0.2, 0.25) is 0 Å². The van der Waals surface area contributed by atoms with Crippen LogP contribution in [0.3, 0.4) is 0 Å². The Morgan fingerprint density at radius 3 is 2.35 bits per heavy atom. The van der Waals surface area contributed by atoms with Crippen LogP contribution in [-0.4, -0.2) is 37.0 Å². The molecule has 0 heterocycles. The first-order chi connectivity index (χ1) is 9.52. The molecule has 1 aromatic carbocycles. The summed E-state index contributed by atoms with van der Waals surface area (Å²) in [5, 5.41) is 3.33. The van der Waals surface area contributed by atoms with Crippen LogP contribution in [0.4, 0.5) is 0 Å². The van der Waals surface area contributed by atoms with Gasteiger partial charge in [-0.25, -0.2) is 0 Å². The molecule has 3 heteroatoms. The highest BCUT2D eigenvalue weighted by atomic mass is 16.2. The van der Waals surface area contributed by atoms with E-state index in [0.29, 0.717) is 12.1 Å². The van der Waals surface area contributed by atoms with Gasteiger partial charge in [0.05, 0.1) is 0 Å². The summed E-state index contributed by atoms with van der Waals surface area (Å²) >= 11 is 0. The molecule has 20 heavy (non-hydrogen) atoms. The van der Waals surface area contributed by atoms with E-state index < -0.39 is 0 Å². The molecule has 3 nitrogen and oxygen atoms in total. The van der Waals surface area contributed by atoms with Crippen molar-refractivity contribution >= 4 is 5.91 Å². The number of aryl methyl sites for hydroxylation is 2. The van der Waals surface area contributed by atoms with Gasteiger partial charge < -0.3 is 10.2 Å². The largest absolute Gasteiger partial charge is 0.339 e. The molecule has 2 rings (SSSR count). The van der Waals surface area contributed by atoms with Gasteiger partial charge in [0.15, 0.2) is 0 Å². The lowest BCUT2D eigenvalue weighted by Crippen LogP contribution is -2.42. The summed E-state index contributed by atoms with van der Waals surface area (Å²) in [5.41, 5.74) is 3.23. The predicted molar refractivity (Wildman–Crippen MR) is 83.1 cm³/mol. The minimum Gasteiger partial charge on any atom is -0.339 e. The Balaban J connectivity index is 2.03. The van der Waals surface area contributed by atoms with E-state index in [1.165, 1.54) is 11.1 Å². The zero-order valence-electron chi connectivity index (χ0n) is 13.1. The van der Waals surface area contributed by atoms with Crippen LogP contribution in [0.2, 0.25) is 0 Å². The van der Waals surface area contributed by atoms with E-state index in [2.05, 4.69) is 19.2 Å². The Hall–Kier alpha value is -1.35. The van der Waals surface area contributed by atoms with Crippen molar-refractivity contribution in [1.29, 1.82) is 0 Å². The van der Waals surface area contributed by atoms with E-state index in [4.69, 9.17) is 0 Å². The number of hydrogen-bond acceptors (Lipinski definition) is 2. The first-order valence-electron chi connectivity index (χ1n) is 7.54. The van der Waals surface area contributed by atoms with E-state index in [1.807, 2.05) is 37.2 Å². The summed E-state index contributed by atoms with van der Waals surface area (Å²) in [6, 6.07) is 6.99. The van der Waals surface area contributed by atoms with Crippen molar-refractivity contribution in [1.82, 2.24) is 10.2 Å². The van der Waals surface area contributed by atoms with Crippen molar-refractivity contribution in [2.45, 2.75) is 51.6 Å². The Morgan fingerprint density at radius 2 is 1.80 bits per heavy atom. The van der Waals surface area contributed by atoms with Gasteiger partial charge >= 0.3 is 0 Å².